The molecule has 0 aliphatic carbocycles. The van der Waals surface area contributed by atoms with Gasteiger partial charge in [0.15, 0.2) is 0 Å². The predicted octanol–water partition coefficient (Wildman–Crippen LogP) is 0.729. The lowest BCUT2D eigenvalue weighted by atomic mass is 10.2. The van der Waals surface area contributed by atoms with Gasteiger partial charge in [0.05, 0.1) is 6.10 Å². The summed E-state index contributed by atoms with van der Waals surface area (Å²) in [5, 5.41) is 3.37. The number of carbonyl (C=O) groups is 1. The number of halogens is 1. The Kier molecular flexibility index (Phi) is 7.80. The van der Waals surface area contributed by atoms with Crippen molar-refractivity contribution in [1.29, 1.82) is 0 Å². The number of hydrogen-bond acceptors (Lipinski definition) is 4. The number of amides is 1. The maximum Gasteiger partial charge on any atom is 0.248 e. The van der Waals surface area contributed by atoms with E-state index in [1.165, 1.54) is 0 Å². The van der Waals surface area contributed by atoms with Crippen molar-refractivity contribution in [1.82, 2.24) is 15.1 Å². The summed E-state index contributed by atoms with van der Waals surface area (Å²) in [6.45, 7) is 10.4. The molecule has 0 aromatic rings. The molecule has 2 heterocycles. The zero-order chi connectivity index (χ0) is 13.7. The van der Waals surface area contributed by atoms with Crippen LogP contribution in [0, 0.1) is 0 Å². The van der Waals surface area contributed by atoms with Gasteiger partial charge in [-0.1, -0.05) is 6.92 Å². The fourth-order valence-corrected chi connectivity index (χ4v) is 2.74. The second-order valence-electron chi connectivity index (χ2n) is 5.60. The minimum atomic E-state index is 0. The Labute approximate surface area is 128 Å². The van der Waals surface area contributed by atoms with E-state index in [1.54, 1.807) is 0 Å². The smallest absolute Gasteiger partial charge is 0.248 e. The van der Waals surface area contributed by atoms with Gasteiger partial charge in [-0.15, -0.1) is 12.4 Å². The van der Waals surface area contributed by atoms with Gasteiger partial charge in [-0.3, -0.25) is 9.69 Å². The van der Waals surface area contributed by atoms with Crippen LogP contribution in [-0.4, -0.2) is 73.7 Å². The summed E-state index contributed by atoms with van der Waals surface area (Å²) in [5.74, 6) is 0.151. The molecule has 2 rings (SSSR count). The second kappa shape index (κ2) is 8.82. The van der Waals surface area contributed by atoms with Crippen molar-refractivity contribution < 1.29 is 9.53 Å². The summed E-state index contributed by atoms with van der Waals surface area (Å²) in [6.07, 6.45) is 2.24. The van der Waals surface area contributed by atoms with Crippen LogP contribution in [0.2, 0.25) is 0 Å². The van der Waals surface area contributed by atoms with Gasteiger partial charge in [0, 0.05) is 45.3 Å². The highest BCUT2D eigenvalue weighted by molar-refractivity contribution is 5.85. The Hall–Kier alpha value is -0.360. The number of carbonyl (C=O) groups excluding carboxylic acids is 1. The monoisotopic (exact) mass is 305 g/mol. The van der Waals surface area contributed by atoms with Gasteiger partial charge in [-0.2, -0.15) is 0 Å². The molecule has 0 aromatic carbocycles. The molecule has 0 saturated carbocycles. The first-order valence-electron chi connectivity index (χ1n) is 7.55. The van der Waals surface area contributed by atoms with E-state index in [4.69, 9.17) is 4.74 Å². The molecule has 2 aliphatic rings. The van der Waals surface area contributed by atoms with Crippen molar-refractivity contribution >= 4 is 18.3 Å². The number of likely N-dealkylation sites (tertiary alicyclic amines) is 1. The van der Waals surface area contributed by atoms with Crippen LogP contribution in [0.15, 0.2) is 0 Å². The Morgan fingerprint density at radius 3 is 2.70 bits per heavy atom. The quantitative estimate of drug-likeness (QED) is 0.813. The van der Waals surface area contributed by atoms with Gasteiger partial charge < -0.3 is 15.0 Å². The first kappa shape index (κ1) is 17.7. The van der Waals surface area contributed by atoms with E-state index in [0.717, 1.165) is 52.1 Å². The lowest BCUT2D eigenvalue weighted by Gasteiger charge is -2.32. The van der Waals surface area contributed by atoms with Gasteiger partial charge in [0.2, 0.25) is 5.91 Å². The summed E-state index contributed by atoms with van der Waals surface area (Å²) >= 11 is 0. The predicted molar refractivity (Wildman–Crippen MR) is 82.4 cm³/mol. The number of ether oxygens (including phenoxy) is 1. The molecule has 0 radical (unpaired) electrons. The molecule has 2 saturated heterocycles. The first-order chi connectivity index (χ1) is 9.20. The van der Waals surface area contributed by atoms with Gasteiger partial charge in [-0.25, -0.2) is 0 Å². The Morgan fingerprint density at radius 1 is 1.35 bits per heavy atom. The summed E-state index contributed by atoms with van der Waals surface area (Å²) in [6, 6.07) is 0.551. The molecular weight excluding hydrogens is 278 g/mol. The van der Waals surface area contributed by atoms with Crippen molar-refractivity contribution in [3.63, 3.8) is 0 Å². The Bertz CT molecular complexity index is 298. The molecule has 5 nitrogen and oxygen atoms in total. The minimum Gasteiger partial charge on any atom is -0.369 e. The number of nitrogens with one attached hydrogen (secondary N) is 1. The second-order valence-corrected chi connectivity index (χ2v) is 5.60. The van der Waals surface area contributed by atoms with Crippen molar-refractivity contribution in [3.8, 4) is 0 Å². The van der Waals surface area contributed by atoms with Crippen molar-refractivity contribution in [2.24, 2.45) is 0 Å². The maximum atomic E-state index is 12.1. The summed E-state index contributed by atoms with van der Waals surface area (Å²) < 4.78 is 5.53. The third-order valence-corrected chi connectivity index (χ3v) is 4.25. The van der Waals surface area contributed by atoms with Crippen LogP contribution < -0.4 is 5.32 Å². The zero-order valence-corrected chi connectivity index (χ0v) is 13.5. The third kappa shape index (κ3) is 4.88. The highest BCUT2D eigenvalue weighted by Crippen LogP contribution is 2.16. The van der Waals surface area contributed by atoms with Crippen LogP contribution in [0.4, 0.5) is 0 Å². The van der Waals surface area contributed by atoms with Gasteiger partial charge in [0.1, 0.15) is 6.61 Å². The fraction of sp³-hybridized carbons (Fsp3) is 0.929. The van der Waals surface area contributed by atoms with Crippen LogP contribution in [-0.2, 0) is 9.53 Å². The van der Waals surface area contributed by atoms with Gasteiger partial charge in [0.25, 0.3) is 0 Å². The topological polar surface area (TPSA) is 44.8 Å². The average molecular weight is 306 g/mol. The zero-order valence-electron chi connectivity index (χ0n) is 12.6. The van der Waals surface area contributed by atoms with Crippen LogP contribution in [0.3, 0.4) is 0 Å². The van der Waals surface area contributed by atoms with E-state index in [2.05, 4.69) is 17.1 Å². The molecule has 2 atom stereocenters. The molecule has 6 heteroatoms. The van der Waals surface area contributed by atoms with E-state index < -0.39 is 0 Å². The lowest BCUT2D eigenvalue weighted by Crippen LogP contribution is -2.49. The lowest BCUT2D eigenvalue weighted by molar-refractivity contribution is -0.137. The van der Waals surface area contributed by atoms with E-state index in [1.807, 2.05) is 11.8 Å². The van der Waals surface area contributed by atoms with Crippen LogP contribution >= 0.6 is 12.4 Å². The highest BCUT2D eigenvalue weighted by Gasteiger charge is 2.30. The van der Waals surface area contributed by atoms with Crippen molar-refractivity contribution in [2.75, 3.05) is 45.9 Å². The highest BCUT2D eigenvalue weighted by atomic mass is 35.5. The Balaban J connectivity index is 0.00000200. The van der Waals surface area contributed by atoms with Crippen LogP contribution in [0.5, 0.6) is 0 Å². The largest absolute Gasteiger partial charge is 0.369 e. The molecule has 0 bridgehead atoms. The summed E-state index contributed by atoms with van der Waals surface area (Å²) in [4.78, 5) is 16.5. The molecule has 0 spiro atoms. The molecule has 2 aliphatic heterocycles. The minimum absolute atomic E-state index is 0. The van der Waals surface area contributed by atoms with Crippen LogP contribution in [0.25, 0.3) is 0 Å². The molecule has 1 amide bonds. The van der Waals surface area contributed by atoms with E-state index in [0.29, 0.717) is 6.04 Å². The van der Waals surface area contributed by atoms with Crippen molar-refractivity contribution in [3.05, 3.63) is 0 Å². The van der Waals surface area contributed by atoms with E-state index >= 15 is 0 Å². The molecule has 118 valence electrons. The van der Waals surface area contributed by atoms with Crippen molar-refractivity contribution in [2.45, 2.75) is 38.8 Å². The molecule has 2 unspecified atom stereocenters. The average Bonchev–Trinajstić information content (AvgIpc) is 2.95. The standard InChI is InChI=1S/C14H27N3O2.ClH/c1-3-12(2)19-11-14(18)17-7-4-13(10-17)16-8-5-15-6-9-16;/h12-13,15H,3-11H2,1-2H3;1H. The summed E-state index contributed by atoms with van der Waals surface area (Å²) in [5.41, 5.74) is 0. The van der Waals surface area contributed by atoms with Crippen LogP contribution in [0.1, 0.15) is 26.7 Å². The number of hydrogen-bond donors (Lipinski definition) is 1. The van der Waals surface area contributed by atoms with Gasteiger partial charge >= 0.3 is 0 Å². The third-order valence-electron chi connectivity index (χ3n) is 4.25. The van der Waals surface area contributed by atoms with E-state index in [-0.39, 0.29) is 31.0 Å². The summed E-state index contributed by atoms with van der Waals surface area (Å²) in [7, 11) is 0. The molecule has 0 aromatic heterocycles. The molecule has 1 N–H and O–H groups in total. The normalized spacial score (nSPS) is 25.3. The first-order valence-corrected chi connectivity index (χ1v) is 7.55. The fourth-order valence-electron chi connectivity index (χ4n) is 2.74. The number of nitrogens with zero attached hydrogens (tertiary/aromatic N) is 2. The maximum absolute atomic E-state index is 12.1. The van der Waals surface area contributed by atoms with E-state index in [9.17, 15) is 4.79 Å². The van der Waals surface area contributed by atoms with Gasteiger partial charge in [-0.05, 0) is 19.8 Å². The molecule has 20 heavy (non-hydrogen) atoms. The number of piperazine rings is 1. The Morgan fingerprint density at radius 2 is 2.05 bits per heavy atom. The SMILES string of the molecule is CCC(C)OCC(=O)N1CCC(N2CCNCC2)C1.Cl. The number of rotatable bonds is 5. The molecular formula is C14H28ClN3O2. The molecule has 2 fully saturated rings.